The van der Waals surface area contributed by atoms with E-state index in [0.29, 0.717) is 0 Å². The third-order valence-electron chi connectivity index (χ3n) is 0. The van der Waals surface area contributed by atoms with Gasteiger partial charge in [-0.15, -0.1) is 0 Å². The molecule has 1 radical (unpaired) electrons. The Morgan fingerprint density at radius 3 is 0.929 bits per heavy atom. The molecule has 0 aromatic heterocycles. The molecule has 0 bridgehead atoms. The molecule has 14 heteroatoms. The van der Waals surface area contributed by atoms with Crippen molar-refractivity contribution in [3.63, 3.8) is 0 Å². The van der Waals surface area contributed by atoms with Gasteiger partial charge in [0.1, 0.15) is 0 Å². The second kappa shape index (κ2) is 16.6. The Morgan fingerprint density at radius 1 is 0.929 bits per heavy atom. The zero-order valence-electron chi connectivity index (χ0n) is 5.84. The molecule has 0 spiro atoms. The van der Waals surface area contributed by atoms with Gasteiger partial charge in [0.15, 0.2) is 17.4 Å². The summed E-state index contributed by atoms with van der Waals surface area (Å²) in [5, 5.41) is 0. The Morgan fingerprint density at radius 2 is 0.929 bits per heavy atom. The Labute approximate surface area is 165 Å². The van der Waals surface area contributed by atoms with Crippen LogP contribution in [-0.2, 0) is 27.5 Å². The molecule has 8 nitrogen and oxygen atoms in total. The van der Waals surface area contributed by atoms with Crippen LogP contribution in [0.3, 0.4) is 0 Å². The van der Waals surface area contributed by atoms with E-state index in [0.717, 1.165) is 0 Å². The van der Waals surface area contributed by atoms with E-state index in [1.807, 2.05) is 0 Å². The van der Waals surface area contributed by atoms with Gasteiger partial charge in [0.05, 0.1) is 0 Å². The van der Waals surface area contributed by atoms with Crippen LogP contribution in [0.15, 0.2) is 0 Å². The summed E-state index contributed by atoms with van der Waals surface area (Å²) in [6.45, 7) is 0. The van der Waals surface area contributed by atoms with Crippen LogP contribution in [0.4, 0.5) is 0 Å². The molecule has 0 aromatic rings. The molecule has 85 valence electrons. The summed E-state index contributed by atoms with van der Waals surface area (Å²) >= 11 is 0. The van der Waals surface area contributed by atoms with Gasteiger partial charge in [-0.2, -0.15) is 8.42 Å². The molecule has 0 aliphatic heterocycles. The summed E-state index contributed by atoms with van der Waals surface area (Å²) < 4.78 is 31.6. The molecule has 0 saturated carbocycles. The zero-order chi connectivity index (χ0) is 9.00. The molecule has 0 atom stereocenters. The van der Waals surface area contributed by atoms with Crippen LogP contribution in [-0.4, -0.2) is 63.1 Å². The van der Waals surface area contributed by atoms with Crippen LogP contribution < -0.4 is 0 Å². The first-order valence-electron chi connectivity index (χ1n) is 1.59. The molecule has 0 saturated heterocycles. The first-order valence-corrected chi connectivity index (χ1v) is 4.78. The molecule has 0 rings (SSSR count). The van der Waals surface area contributed by atoms with Crippen LogP contribution >= 0.6 is 0 Å². The van der Waals surface area contributed by atoms with Gasteiger partial charge in [0.2, 0.25) is 0 Å². The topological polar surface area (TPSA) is 156 Å². The SMILES string of the molecule is O=S(=O)(O)O.O[Si](O)(O)O.[AlH3].[Ce].[Fe].[La]. The second-order valence-corrected chi connectivity index (χ2v) is 3.14. The summed E-state index contributed by atoms with van der Waals surface area (Å²) in [6.07, 6.45) is 0. The van der Waals surface area contributed by atoms with E-state index >= 15 is 0 Å². The first kappa shape index (κ1) is 36.0. The van der Waals surface area contributed by atoms with Gasteiger partial charge >= 0.3 is 19.4 Å². The molecule has 0 amide bonds. The van der Waals surface area contributed by atoms with Gasteiger partial charge in [0, 0.05) is 94.4 Å². The maximum absolute atomic E-state index is 8.74. The smallest absolute Gasteiger partial charge is 0.368 e. The second-order valence-electron chi connectivity index (χ2n) is 1.05. The van der Waals surface area contributed by atoms with Crippen LogP contribution in [0.5, 0.6) is 0 Å². The summed E-state index contributed by atoms with van der Waals surface area (Å²) in [6, 6.07) is 0. The van der Waals surface area contributed by atoms with Crippen molar-refractivity contribution in [2.24, 2.45) is 0 Å². The van der Waals surface area contributed by atoms with Crippen LogP contribution in [0, 0.1) is 77.3 Å². The predicted octanol–water partition coefficient (Wildman–Crippen LogP) is -4.45. The molecule has 6 N–H and O–H groups in total. The van der Waals surface area contributed by atoms with Crippen LogP contribution in [0.25, 0.3) is 0 Å². The van der Waals surface area contributed by atoms with Gasteiger partial charge in [-0.05, 0) is 0 Å². The minimum atomic E-state index is -4.67. The third kappa shape index (κ3) is 261. The molecule has 0 aromatic carbocycles. The van der Waals surface area contributed by atoms with Gasteiger partial charge in [-0.25, -0.2) is 0 Å². The fraction of sp³-hybridized carbons (Fsp3) is 0. The fourth-order valence-electron chi connectivity index (χ4n) is 0. The predicted molar refractivity (Wildman–Crippen MR) is 38.7 cm³/mol. The standard InChI is InChI=1S/Al.Ce.Fe.La.H2O4S.H4O4Si.3H/c;;;;2*1-5(2,3)4;;;/h;;;;(H2,1,2,3,4);1-4H;;;. The van der Waals surface area contributed by atoms with E-state index in [1.54, 1.807) is 0 Å². The van der Waals surface area contributed by atoms with Crippen molar-refractivity contribution in [3.8, 4) is 0 Å². The molecule has 14 heavy (non-hydrogen) atoms. The Kier molecular flexibility index (Phi) is 42.6. The Hall–Kier alpha value is 3.55. The van der Waals surface area contributed by atoms with Gasteiger partial charge in [-0.1, -0.05) is 0 Å². The maximum atomic E-state index is 8.74. The molecular formula is H9AlCeFeLaO8SSi. The molecule has 0 aliphatic rings. The fourth-order valence-corrected chi connectivity index (χ4v) is 0. The van der Waals surface area contributed by atoms with E-state index < -0.39 is 19.4 Å². The van der Waals surface area contributed by atoms with Crippen molar-refractivity contribution in [2.45, 2.75) is 0 Å². The minimum Gasteiger partial charge on any atom is -0.368 e. The third-order valence-corrected chi connectivity index (χ3v) is 0. The minimum absolute atomic E-state index is 0. The van der Waals surface area contributed by atoms with E-state index in [9.17, 15) is 0 Å². The number of rotatable bonds is 0. The average molecular weight is 559 g/mol. The van der Waals surface area contributed by atoms with Crippen molar-refractivity contribution < 1.29 is 131 Å². The number of hydrogen-bond donors (Lipinski definition) is 6. The molecule has 0 heterocycles. The van der Waals surface area contributed by atoms with E-state index in [4.69, 9.17) is 36.7 Å². The molecule has 0 fully saturated rings. The summed E-state index contributed by atoms with van der Waals surface area (Å²) in [7, 11) is -9.28. The van der Waals surface area contributed by atoms with Gasteiger partial charge in [-0.3, -0.25) is 9.11 Å². The van der Waals surface area contributed by atoms with E-state index in [1.165, 1.54) is 0 Å². The first-order chi connectivity index (χ1) is 4.00. The van der Waals surface area contributed by atoms with Crippen molar-refractivity contribution >= 4 is 36.8 Å². The van der Waals surface area contributed by atoms with Crippen LogP contribution in [0.1, 0.15) is 0 Å². The van der Waals surface area contributed by atoms with Crippen molar-refractivity contribution in [1.29, 1.82) is 0 Å². The van der Waals surface area contributed by atoms with E-state index in [2.05, 4.69) is 0 Å². The van der Waals surface area contributed by atoms with Crippen molar-refractivity contribution in [3.05, 3.63) is 0 Å². The Balaban J connectivity index is -0.0000000178. The largest absolute Gasteiger partial charge is 0.668 e. The van der Waals surface area contributed by atoms with Crippen LogP contribution in [0.2, 0.25) is 0 Å². The average Bonchev–Trinajstić information content (AvgIpc) is 1.12. The Bertz CT molecular complexity index is 164. The zero-order valence-corrected chi connectivity index (χ0v) is 15.5. The summed E-state index contributed by atoms with van der Waals surface area (Å²) in [4.78, 5) is 29.3. The molecular weight excluding hydrogens is 550 g/mol. The molecule has 0 aliphatic carbocycles. The molecule has 0 unspecified atom stereocenters. The summed E-state index contributed by atoms with van der Waals surface area (Å²) in [5.41, 5.74) is 0. The van der Waals surface area contributed by atoms with Crippen molar-refractivity contribution in [1.82, 2.24) is 0 Å². The van der Waals surface area contributed by atoms with Gasteiger partial charge in [0.25, 0.3) is 0 Å². The summed E-state index contributed by atoms with van der Waals surface area (Å²) in [5.74, 6) is 0. The number of hydrogen-bond acceptors (Lipinski definition) is 6. The normalized spacial score (nSPS) is 8.43. The quantitative estimate of drug-likeness (QED) is 0.128. The van der Waals surface area contributed by atoms with E-state index in [-0.39, 0.29) is 112 Å². The van der Waals surface area contributed by atoms with Gasteiger partial charge < -0.3 is 19.2 Å². The monoisotopic (exact) mass is 559 g/mol. The van der Waals surface area contributed by atoms with Crippen molar-refractivity contribution in [2.75, 3.05) is 0 Å². The maximum Gasteiger partial charge on any atom is 0.668 e.